The first-order chi connectivity index (χ1) is 13.3. The molecule has 27 heavy (non-hydrogen) atoms. The molecule has 1 heterocycles. The summed E-state index contributed by atoms with van der Waals surface area (Å²) in [7, 11) is 0. The molecular weight excluding hydrogens is 348 g/mol. The maximum atomic E-state index is 3.59. The monoisotopic (exact) mass is 371 g/mol. The van der Waals surface area contributed by atoms with Gasteiger partial charge < -0.3 is 0 Å². The molecule has 0 aliphatic carbocycles. The van der Waals surface area contributed by atoms with Gasteiger partial charge in [0.05, 0.1) is 6.54 Å². The Labute approximate surface area is 164 Å². The summed E-state index contributed by atoms with van der Waals surface area (Å²) in [4.78, 5) is 0. The van der Waals surface area contributed by atoms with Gasteiger partial charge >= 0.3 is 5.13 Å². The molecule has 0 spiro atoms. The third kappa shape index (κ3) is 4.26. The minimum absolute atomic E-state index is 0.936. The van der Waals surface area contributed by atoms with Gasteiger partial charge in [-0.15, -0.1) is 0 Å². The van der Waals surface area contributed by atoms with E-state index in [0.29, 0.717) is 0 Å². The Morgan fingerprint density at radius 3 is 2.19 bits per heavy atom. The van der Waals surface area contributed by atoms with Crippen LogP contribution >= 0.6 is 11.3 Å². The van der Waals surface area contributed by atoms with Crippen LogP contribution in [0.4, 0.5) is 10.8 Å². The Bertz CT molecular complexity index is 990. The average Bonchev–Trinajstić information content (AvgIpc) is 3.11. The average molecular weight is 372 g/mol. The Hall–Kier alpha value is -2.91. The van der Waals surface area contributed by atoms with Gasteiger partial charge in [0.1, 0.15) is 11.4 Å². The van der Waals surface area contributed by atoms with Crippen molar-refractivity contribution in [2.45, 2.75) is 19.9 Å². The molecule has 0 aliphatic heterocycles. The van der Waals surface area contributed by atoms with E-state index in [1.165, 1.54) is 22.4 Å². The molecule has 1 N–H and O–H groups in total. The van der Waals surface area contributed by atoms with Crippen LogP contribution in [-0.2, 0) is 13.0 Å². The molecular formula is C24H23N2S+. The number of benzene rings is 3. The van der Waals surface area contributed by atoms with E-state index in [1.54, 1.807) is 11.3 Å². The summed E-state index contributed by atoms with van der Waals surface area (Å²) < 4.78 is 2.40. The summed E-state index contributed by atoms with van der Waals surface area (Å²) in [6.07, 6.45) is 1.00. The Morgan fingerprint density at radius 1 is 0.815 bits per heavy atom. The molecule has 0 fully saturated rings. The maximum Gasteiger partial charge on any atom is 0.339 e. The second-order valence-corrected chi connectivity index (χ2v) is 7.53. The molecule has 3 heteroatoms. The van der Waals surface area contributed by atoms with E-state index in [9.17, 15) is 0 Å². The largest absolute Gasteiger partial charge is 0.339 e. The van der Waals surface area contributed by atoms with Crippen LogP contribution in [0.25, 0.3) is 11.3 Å². The molecule has 0 saturated carbocycles. The summed E-state index contributed by atoms with van der Waals surface area (Å²) in [5, 5.41) is 7.00. The lowest BCUT2D eigenvalue weighted by molar-refractivity contribution is -0.667. The van der Waals surface area contributed by atoms with E-state index in [0.717, 1.165) is 23.8 Å². The fourth-order valence-corrected chi connectivity index (χ4v) is 4.13. The number of nitrogens with one attached hydrogen (secondary N) is 1. The molecule has 0 unspecified atom stereocenters. The number of aromatic nitrogens is 1. The predicted molar refractivity (Wildman–Crippen MR) is 115 cm³/mol. The van der Waals surface area contributed by atoms with Crippen molar-refractivity contribution < 1.29 is 4.57 Å². The number of nitrogens with zero attached hydrogens (tertiary/aromatic N) is 1. The van der Waals surface area contributed by atoms with Gasteiger partial charge in [0.15, 0.2) is 0 Å². The zero-order chi connectivity index (χ0) is 18.5. The standard InChI is InChI=1S/C24H22N2S/c1-19-12-14-21(15-13-19)23-18-27-24(25-22-10-6-3-7-11-22)26(23)17-16-20-8-4-2-5-9-20/h2-15,18H,16-17H2,1H3/p+1. The molecule has 0 saturated heterocycles. The van der Waals surface area contributed by atoms with Gasteiger partial charge in [-0.3, -0.25) is 0 Å². The lowest BCUT2D eigenvalue weighted by atomic mass is 10.1. The highest BCUT2D eigenvalue weighted by molar-refractivity contribution is 7.13. The van der Waals surface area contributed by atoms with Crippen LogP contribution in [0.5, 0.6) is 0 Å². The van der Waals surface area contributed by atoms with Crippen molar-refractivity contribution in [1.82, 2.24) is 0 Å². The third-order valence-corrected chi connectivity index (χ3v) is 5.54. The van der Waals surface area contributed by atoms with Crippen molar-refractivity contribution in [2.75, 3.05) is 5.32 Å². The van der Waals surface area contributed by atoms with Gasteiger partial charge in [0.25, 0.3) is 0 Å². The topological polar surface area (TPSA) is 15.9 Å². The molecule has 0 amide bonds. The van der Waals surface area contributed by atoms with Gasteiger partial charge in [-0.1, -0.05) is 89.7 Å². The minimum atomic E-state index is 0.936. The molecule has 4 rings (SSSR count). The second kappa shape index (κ2) is 8.19. The fraction of sp³-hybridized carbons (Fsp3) is 0.125. The number of hydrogen-bond donors (Lipinski definition) is 1. The van der Waals surface area contributed by atoms with Crippen molar-refractivity contribution in [1.29, 1.82) is 0 Å². The maximum absolute atomic E-state index is 3.59. The van der Waals surface area contributed by atoms with Crippen LogP contribution in [0.1, 0.15) is 11.1 Å². The third-order valence-electron chi connectivity index (χ3n) is 4.66. The van der Waals surface area contributed by atoms with Crippen LogP contribution in [-0.4, -0.2) is 0 Å². The highest BCUT2D eigenvalue weighted by Gasteiger charge is 2.19. The molecule has 134 valence electrons. The van der Waals surface area contributed by atoms with E-state index in [1.807, 2.05) is 6.07 Å². The number of thiazole rings is 1. The smallest absolute Gasteiger partial charge is 0.231 e. The lowest BCUT2D eigenvalue weighted by Crippen LogP contribution is -2.37. The highest BCUT2D eigenvalue weighted by Crippen LogP contribution is 2.26. The molecule has 1 aromatic heterocycles. The summed E-state index contributed by atoms with van der Waals surface area (Å²) in [6.45, 7) is 3.06. The summed E-state index contributed by atoms with van der Waals surface area (Å²) in [5.41, 5.74) is 6.27. The van der Waals surface area contributed by atoms with E-state index in [4.69, 9.17) is 0 Å². The lowest BCUT2D eigenvalue weighted by Gasteiger charge is -2.07. The number of aryl methyl sites for hydroxylation is 2. The van der Waals surface area contributed by atoms with Gasteiger partial charge in [0.2, 0.25) is 0 Å². The number of anilines is 2. The summed E-state index contributed by atoms with van der Waals surface area (Å²) in [5.74, 6) is 0. The van der Waals surface area contributed by atoms with Gasteiger partial charge in [0, 0.05) is 17.4 Å². The van der Waals surface area contributed by atoms with Crippen molar-refractivity contribution in [3.05, 3.63) is 101 Å². The van der Waals surface area contributed by atoms with Crippen LogP contribution < -0.4 is 9.88 Å². The zero-order valence-corrected chi connectivity index (χ0v) is 16.2. The Balaban J connectivity index is 1.67. The van der Waals surface area contributed by atoms with Crippen molar-refractivity contribution >= 4 is 22.2 Å². The Kier molecular flexibility index (Phi) is 5.31. The number of hydrogen-bond acceptors (Lipinski definition) is 2. The predicted octanol–water partition coefficient (Wildman–Crippen LogP) is 6.00. The molecule has 0 atom stereocenters. The summed E-state index contributed by atoms with van der Waals surface area (Å²) >= 11 is 1.76. The van der Waals surface area contributed by atoms with Crippen molar-refractivity contribution in [3.63, 3.8) is 0 Å². The van der Waals surface area contributed by atoms with Crippen LogP contribution in [0.2, 0.25) is 0 Å². The second-order valence-electron chi connectivity index (χ2n) is 6.67. The molecule has 0 radical (unpaired) electrons. The molecule has 4 aromatic rings. The Morgan fingerprint density at radius 2 is 1.48 bits per heavy atom. The van der Waals surface area contributed by atoms with Crippen LogP contribution in [0.15, 0.2) is 90.3 Å². The molecule has 0 aliphatic rings. The van der Waals surface area contributed by atoms with Gasteiger partial charge in [-0.2, -0.15) is 0 Å². The van der Waals surface area contributed by atoms with Crippen LogP contribution in [0, 0.1) is 6.92 Å². The molecule has 2 nitrogen and oxygen atoms in total. The number of rotatable bonds is 6. The zero-order valence-electron chi connectivity index (χ0n) is 15.4. The quantitative estimate of drug-likeness (QED) is 0.411. The first-order valence-electron chi connectivity index (χ1n) is 9.24. The van der Waals surface area contributed by atoms with Gasteiger partial charge in [-0.05, 0) is 24.6 Å². The van der Waals surface area contributed by atoms with E-state index < -0.39 is 0 Å². The summed E-state index contributed by atoms with van der Waals surface area (Å²) in [6, 6.07) is 29.8. The van der Waals surface area contributed by atoms with E-state index in [2.05, 4.69) is 101 Å². The highest BCUT2D eigenvalue weighted by atomic mass is 32.1. The van der Waals surface area contributed by atoms with E-state index >= 15 is 0 Å². The molecule has 3 aromatic carbocycles. The van der Waals surface area contributed by atoms with E-state index in [-0.39, 0.29) is 0 Å². The normalized spacial score (nSPS) is 10.7. The van der Waals surface area contributed by atoms with Crippen molar-refractivity contribution in [2.24, 2.45) is 0 Å². The van der Waals surface area contributed by atoms with Gasteiger partial charge in [-0.25, -0.2) is 9.88 Å². The first-order valence-corrected chi connectivity index (χ1v) is 10.1. The SMILES string of the molecule is Cc1ccc(-c2csc(Nc3ccccc3)[n+]2CCc2ccccc2)cc1. The fourth-order valence-electron chi connectivity index (χ4n) is 3.15. The minimum Gasteiger partial charge on any atom is -0.231 e. The molecule has 0 bridgehead atoms. The van der Waals surface area contributed by atoms with Crippen molar-refractivity contribution in [3.8, 4) is 11.3 Å². The number of para-hydroxylation sites is 1. The first kappa shape index (κ1) is 17.5. The van der Waals surface area contributed by atoms with Crippen LogP contribution in [0.3, 0.4) is 0 Å².